The molecule has 0 rings (SSSR count). The van der Waals surface area contributed by atoms with Gasteiger partial charge in [0.05, 0.1) is 27.7 Å². The van der Waals surface area contributed by atoms with Gasteiger partial charge < -0.3 is 18.9 Å². The predicted octanol–water partition coefficient (Wildman–Crippen LogP) is 15.1. The van der Waals surface area contributed by atoms with Gasteiger partial charge in [0.2, 0.25) is 0 Å². The van der Waals surface area contributed by atoms with Gasteiger partial charge in [-0.3, -0.25) is 18.6 Å². The number of quaternary nitrogens is 1. The number of carbonyl (C=O) groups excluding carboxylic acids is 2. The lowest BCUT2D eigenvalue weighted by Crippen LogP contribution is -2.37. The van der Waals surface area contributed by atoms with Gasteiger partial charge in [-0.05, 0) is 12.8 Å². The minimum atomic E-state index is -4.34. The Bertz CT molecular complexity index is 990. The maximum Gasteiger partial charge on any atom is 0.472 e. The van der Waals surface area contributed by atoms with Gasteiger partial charge in [-0.15, -0.1) is 0 Å². The maximum atomic E-state index is 12.3. The van der Waals surface area contributed by atoms with E-state index in [4.69, 9.17) is 18.5 Å². The Morgan fingerprint density at radius 2 is 0.783 bits per heavy atom. The van der Waals surface area contributed by atoms with Crippen molar-refractivity contribution in [2.24, 2.45) is 0 Å². The smallest absolute Gasteiger partial charge is 0.462 e. The predicted molar refractivity (Wildman–Crippen MR) is 252 cm³/mol. The topological polar surface area (TPSA) is 108 Å². The molecule has 1 N–H and O–H groups in total. The first kappa shape index (κ1) is 59.0. The van der Waals surface area contributed by atoms with Gasteiger partial charge in [0.25, 0.3) is 0 Å². The summed E-state index contributed by atoms with van der Waals surface area (Å²) < 4.78 is 33.6. The van der Waals surface area contributed by atoms with Crippen LogP contribution in [0.1, 0.15) is 258 Å². The van der Waals surface area contributed by atoms with Crippen molar-refractivity contribution in [2.45, 2.75) is 264 Å². The van der Waals surface area contributed by atoms with Gasteiger partial charge in [-0.25, -0.2) is 4.57 Å². The molecule has 0 aliphatic rings. The van der Waals surface area contributed by atoms with E-state index in [2.05, 4.69) is 6.92 Å². The summed E-state index contributed by atoms with van der Waals surface area (Å²) in [6.07, 6.45) is 48.3. The molecule has 0 fully saturated rings. The average molecular weight is 875 g/mol. The normalized spacial score (nSPS) is 13.4. The first-order valence-electron chi connectivity index (χ1n) is 25.8. The fraction of sp³-hybridized carbons (Fsp3) is 0.960. The van der Waals surface area contributed by atoms with Crippen molar-refractivity contribution in [2.75, 3.05) is 47.5 Å². The van der Waals surface area contributed by atoms with Crippen LogP contribution < -0.4 is 0 Å². The van der Waals surface area contributed by atoms with Crippen LogP contribution in [0.5, 0.6) is 0 Å². The molecule has 0 aliphatic heterocycles. The number of hydrogen-bond donors (Lipinski definition) is 1. The Hall–Kier alpha value is -0.990. The van der Waals surface area contributed by atoms with Crippen molar-refractivity contribution in [1.82, 2.24) is 0 Å². The van der Waals surface area contributed by atoms with Gasteiger partial charge in [0.15, 0.2) is 6.10 Å². The van der Waals surface area contributed by atoms with E-state index < -0.39 is 26.5 Å². The number of likely N-dealkylation sites (N-methyl/N-ethyl adjacent to an activating group) is 1. The molecule has 60 heavy (non-hydrogen) atoms. The van der Waals surface area contributed by atoms with Crippen LogP contribution in [0.4, 0.5) is 0 Å². The zero-order valence-corrected chi connectivity index (χ0v) is 41.4. The fourth-order valence-corrected chi connectivity index (χ4v) is 8.39. The van der Waals surface area contributed by atoms with E-state index in [1.165, 1.54) is 205 Å². The zero-order valence-electron chi connectivity index (χ0n) is 40.5. The summed E-state index contributed by atoms with van der Waals surface area (Å²) in [5.74, 6) is -0.846. The van der Waals surface area contributed by atoms with E-state index in [-0.39, 0.29) is 25.6 Å². The fourth-order valence-electron chi connectivity index (χ4n) is 7.64. The van der Waals surface area contributed by atoms with Crippen LogP contribution in [0.15, 0.2) is 0 Å². The van der Waals surface area contributed by atoms with E-state index in [0.717, 1.165) is 19.3 Å². The number of carbonyl (C=O) groups is 2. The van der Waals surface area contributed by atoms with Gasteiger partial charge in [0.1, 0.15) is 19.8 Å². The van der Waals surface area contributed by atoms with Crippen LogP contribution in [0.25, 0.3) is 0 Å². The highest BCUT2D eigenvalue weighted by molar-refractivity contribution is 7.47. The molecule has 9 nitrogen and oxygen atoms in total. The molecule has 2 atom stereocenters. The highest BCUT2D eigenvalue weighted by atomic mass is 31.2. The zero-order chi connectivity index (χ0) is 44.3. The second-order valence-corrected chi connectivity index (χ2v) is 20.4. The molecule has 0 aromatic carbocycles. The standard InChI is InChI=1S/C50H100NO8P/c1-6-8-9-10-11-12-13-14-15-16-17-18-19-20-21-22-23-24-25-26-27-28-29-30-31-32-33-34-35-36-37-38-39-40-41-43-49(52)56-46-48(59-50(53)42-7-2)47-58-60(54,55)57-45-44-51(3,4)5/h48H,6-47H2,1-5H3/p+1/t48-/m1/s1. The van der Waals surface area contributed by atoms with Gasteiger partial charge in [0, 0.05) is 12.8 Å². The third kappa shape index (κ3) is 46.5. The minimum Gasteiger partial charge on any atom is -0.462 e. The van der Waals surface area contributed by atoms with Crippen LogP contribution in [0.2, 0.25) is 0 Å². The number of unbranched alkanes of at least 4 members (excludes halogenated alkanes) is 34. The van der Waals surface area contributed by atoms with Crippen LogP contribution >= 0.6 is 7.82 Å². The number of phosphoric ester groups is 1. The first-order valence-corrected chi connectivity index (χ1v) is 27.3. The van der Waals surface area contributed by atoms with Crippen molar-refractivity contribution in [1.29, 1.82) is 0 Å². The molecule has 0 bridgehead atoms. The third-order valence-corrected chi connectivity index (χ3v) is 12.6. The second-order valence-electron chi connectivity index (χ2n) is 18.9. The molecule has 0 saturated carbocycles. The van der Waals surface area contributed by atoms with Crippen molar-refractivity contribution < 1.29 is 42.1 Å². The molecular formula is C50H101NO8P+. The molecule has 10 heteroatoms. The van der Waals surface area contributed by atoms with Gasteiger partial charge in [-0.1, -0.05) is 232 Å². The molecule has 0 aromatic heterocycles. The molecule has 0 saturated heterocycles. The third-order valence-electron chi connectivity index (χ3n) is 11.6. The lowest BCUT2D eigenvalue weighted by Gasteiger charge is -2.24. The summed E-state index contributed by atoms with van der Waals surface area (Å²) in [4.78, 5) is 34.4. The van der Waals surface area contributed by atoms with Crippen molar-refractivity contribution in [3.8, 4) is 0 Å². The number of phosphoric acid groups is 1. The number of ether oxygens (including phenoxy) is 2. The summed E-state index contributed by atoms with van der Waals surface area (Å²) in [6.45, 7) is 4.06. The SMILES string of the molecule is CCCCCCCCCCCCCCCCCCCCCCCCCCCCCCCCCCCCCC(=O)OC[C@H](COP(=O)(O)OCC[N+](C)(C)C)OC(=O)CCC. The first-order chi connectivity index (χ1) is 29.0. The molecule has 0 heterocycles. The van der Waals surface area contributed by atoms with Crippen molar-refractivity contribution in [3.63, 3.8) is 0 Å². The highest BCUT2D eigenvalue weighted by Crippen LogP contribution is 2.43. The average Bonchev–Trinajstić information content (AvgIpc) is 3.20. The number of nitrogens with zero attached hydrogens (tertiary/aromatic N) is 1. The highest BCUT2D eigenvalue weighted by Gasteiger charge is 2.27. The summed E-state index contributed by atoms with van der Waals surface area (Å²) in [7, 11) is 1.48. The Balaban J connectivity index is 3.54. The maximum absolute atomic E-state index is 12.3. The minimum absolute atomic E-state index is 0.0340. The van der Waals surface area contributed by atoms with Crippen molar-refractivity contribution in [3.05, 3.63) is 0 Å². The Morgan fingerprint density at radius 1 is 0.450 bits per heavy atom. The summed E-state index contributed by atoms with van der Waals surface area (Å²) >= 11 is 0. The van der Waals surface area contributed by atoms with Crippen LogP contribution in [0.3, 0.4) is 0 Å². The summed E-state index contributed by atoms with van der Waals surface area (Å²) in [5, 5.41) is 0. The molecule has 0 spiro atoms. The van der Waals surface area contributed by atoms with E-state index in [1.807, 2.05) is 28.1 Å². The van der Waals surface area contributed by atoms with Gasteiger partial charge in [-0.2, -0.15) is 0 Å². The van der Waals surface area contributed by atoms with E-state index >= 15 is 0 Å². The number of esters is 2. The molecular weight excluding hydrogens is 774 g/mol. The Labute approximate surface area is 372 Å². The number of rotatable bonds is 48. The molecule has 0 aliphatic carbocycles. The van der Waals surface area contributed by atoms with E-state index in [0.29, 0.717) is 23.9 Å². The summed E-state index contributed by atoms with van der Waals surface area (Å²) in [6, 6.07) is 0. The molecule has 0 aromatic rings. The van der Waals surface area contributed by atoms with Crippen molar-refractivity contribution >= 4 is 19.8 Å². The van der Waals surface area contributed by atoms with Crippen LogP contribution in [-0.4, -0.2) is 74.9 Å². The quantitative estimate of drug-likeness (QED) is 0.0279. The van der Waals surface area contributed by atoms with Crippen LogP contribution in [-0.2, 0) is 32.7 Å². The summed E-state index contributed by atoms with van der Waals surface area (Å²) in [5.41, 5.74) is 0. The molecule has 0 radical (unpaired) electrons. The monoisotopic (exact) mass is 875 g/mol. The molecule has 0 amide bonds. The lowest BCUT2D eigenvalue weighted by molar-refractivity contribution is -0.870. The van der Waals surface area contributed by atoms with E-state index in [1.54, 1.807) is 0 Å². The molecule has 1 unspecified atom stereocenters. The Kier molecular flexibility index (Phi) is 42.6. The Morgan fingerprint density at radius 3 is 1.10 bits per heavy atom. The van der Waals surface area contributed by atoms with Crippen LogP contribution in [0, 0.1) is 0 Å². The lowest BCUT2D eigenvalue weighted by atomic mass is 10.0. The largest absolute Gasteiger partial charge is 0.472 e. The number of hydrogen-bond acceptors (Lipinski definition) is 7. The second kappa shape index (κ2) is 43.3. The van der Waals surface area contributed by atoms with Gasteiger partial charge >= 0.3 is 19.8 Å². The molecule has 358 valence electrons. The van der Waals surface area contributed by atoms with E-state index in [9.17, 15) is 19.0 Å².